The highest BCUT2D eigenvalue weighted by Gasteiger charge is 2.31. The van der Waals surface area contributed by atoms with E-state index in [1.54, 1.807) is 16.4 Å². The van der Waals surface area contributed by atoms with Gasteiger partial charge in [-0.05, 0) is 20.8 Å². The van der Waals surface area contributed by atoms with Crippen molar-refractivity contribution in [3.63, 3.8) is 0 Å². The van der Waals surface area contributed by atoms with Gasteiger partial charge in [-0.2, -0.15) is 5.10 Å². The number of fused-ring (bicyclic) bond motifs is 1. The summed E-state index contributed by atoms with van der Waals surface area (Å²) in [4.78, 5) is 16.9. The standard InChI is InChI=1S/C13H17N5OS/c1-7(2)18-12-10(13(19)16-18)11(20-8(3)15-12)9-5-14-17(4)6-9/h5-7,11H,1-4H3,(H,16,19)/t11-/m0/s1. The molecule has 7 heteroatoms. The number of aliphatic imine (C=N–C) groups is 1. The summed E-state index contributed by atoms with van der Waals surface area (Å²) in [7, 11) is 1.88. The van der Waals surface area contributed by atoms with Gasteiger partial charge < -0.3 is 0 Å². The maximum Gasteiger partial charge on any atom is 0.271 e. The number of aromatic nitrogens is 4. The lowest BCUT2D eigenvalue weighted by Crippen LogP contribution is -2.13. The average molecular weight is 291 g/mol. The fraction of sp³-hybridized carbons (Fsp3) is 0.462. The van der Waals surface area contributed by atoms with Crippen LogP contribution in [0.1, 0.15) is 43.2 Å². The summed E-state index contributed by atoms with van der Waals surface area (Å²) < 4.78 is 3.59. The van der Waals surface area contributed by atoms with E-state index in [4.69, 9.17) is 0 Å². The minimum atomic E-state index is -0.0636. The maximum absolute atomic E-state index is 12.3. The third-order valence-corrected chi connectivity index (χ3v) is 4.47. The molecule has 2 aromatic rings. The van der Waals surface area contributed by atoms with Gasteiger partial charge in [-0.25, -0.2) is 4.99 Å². The molecule has 0 saturated heterocycles. The summed E-state index contributed by atoms with van der Waals surface area (Å²) in [5.74, 6) is 0.745. The Balaban J connectivity index is 2.20. The second-order valence-electron chi connectivity index (χ2n) is 5.22. The average Bonchev–Trinajstić information content (AvgIpc) is 2.93. The Morgan fingerprint density at radius 3 is 2.80 bits per heavy atom. The van der Waals surface area contributed by atoms with Crippen LogP contribution in [0.2, 0.25) is 0 Å². The molecular weight excluding hydrogens is 274 g/mol. The number of nitrogens with zero attached hydrogens (tertiary/aromatic N) is 4. The Morgan fingerprint density at radius 2 is 2.20 bits per heavy atom. The van der Waals surface area contributed by atoms with Crippen molar-refractivity contribution in [1.82, 2.24) is 19.6 Å². The zero-order valence-corrected chi connectivity index (χ0v) is 12.7. The lowest BCUT2D eigenvalue weighted by atomic mass is 10.1. The van der Waals surface area contributed by atoms with Crippen LogP contribution in [0.5, 0.6) is 0 Å². The molecule has 0 amide bonds. The number of aryl methyl sites for hydroxylation is 1. The number of rotatable bonds is 2. The smallest absolute Gasteiger partial charge is 0.271 e. The van der Waals surface area contributed by atoms with Crippen molar-refractivity contribution < 1.29 is 0 Å². The van der Waals surface area contributed by atoms with Crippen LogP contribution >= 0.6 is 11.8 Å². The highest BCUT2D eigenvalue weighted by atomic mass is 32.2. The summed E-state index contributed by atoms with van der Waals surface area (Å²) in [6.45, 7) is 6.03. The van der Waals surface area contributed by atoms with E-state index in [-0.39, 0.29) is 16.9 Å². The molecule has 0 fully saturated rings. The van der Waals surface area contributed by atoms with Crippen molar-refractivity contribution in [3.05, 3.63) is 33.9 Å². The molecule has 0 unspecified atom stereocenters. The Labute approximate surface area is 120 Å². The molecule has 3 heterocycles. The minimum absolute atomic E-state index is 0.0417. The molecular formula is C13H17N5OS. The Hall–Kier alpha value is -1.76. The van der Waals surface area contributed by atoms with Crippen molar-refractivity contribution >= 4 is 22.6 Å². The molecule has 6 nitrogen and oxygen atoms in total. The second kappa shape index (κ2) is 4.66. The Bertz CT molecular complexity index is 736. The minimum Gasteiger partial charge on any atom is -0.275 e. The normalized spacial score (nSPS) is 18.2. The first-order valence-electron chi connectivity index (χ1n) is 6.52. The first-order valence-corrected chi connectivity index (χ1v) is 7.40. The largest absolute Gasteiger partial charge is 0.275 e. The number of nitrogens with one attached hydrogen (secondary N) is 1. The van der Waals surface area contributed by atoms with Gasteiger partial charge in [0, 0.05) is 24.8 Å². The lowest BCUT2D eigenvalue weighted by molar-refractivity contribution is 0.533. The van der Waals surface area contributed by atoms with E-state index < -0.39 is 0 Å². The van der Waals surface area contributed by atoms with Crippen LogP contribution in [0.3, 0.4) is 0 Å². The van der Waals surface area contributed by atoms with Crippen LogP contribution in [0, 0.1) is 0 Å². The van der Waals surface area contributed by atoms with E-state index >= 15 is 0 Å². The molecule has 0 spiro atoms. The van der Waals surface area contributed by atoms with E-state index in [0.717, 1.165) is 22.0 Å². The zero-order chi connectivity index (χ0) is 14.4. The number of thioether (sulfide) groups is 1. The molecule has 106 valence electrons. The zero-order valence-electron chi connectivity index (χ0n) is 11.9. The molecule has 0 saturated carbocycles. The molecule has 3 rings (SSSR count). The van der Waals surface area contributed by atoms with Gasteiger partial charge in [-0.1, -0.05) is 11.8 Å². The van der Waals surface area contributed by atoms with Crippen molar-refractivity contribution in [2.75, 3.05) is 0 Å². The number of hydrogen-bond donors (Lipinski definition) is 1. The van der Waals surface area contributed by atoms with Crippen molar-refractivity contribution in [2.24, 2.45) is 12.0 Å². The van der Waals surface area contributed by atoms with Crippen molar-refractivity contribution in [1.29, 1.82) is 0 Å². The highest BCUT2D eigenvalue weighted by Crippen LogP contribution is 2.43. The molecule has 1 N–H and O–H groups in total. The van der Waals surface area contributed by atoms with Crippen molar-refractivity contribution in [3.8, 4) is 0 Å². The summed E-state index contributed by atoms with van der Waals surface area (Å²) in [5, 5.41) is 8.02. The lowest BCUT2D eigenvalue weighted by Gasteiger charge is -2.20. The molecule has 1 aliphatic heterocycles. The quantitative estimate of drug-likeness (QED) is 0.923. The van der Waals surface area contributed by atoms with E-state index in [9.17, 15) is 4.79 Å². The fourth-order valence-electron chi connectivity index (χ4n) is 2.39. The SMILES string of the molecule is CC1=Nc2c(c(=O)[nH]n2C(C)C)[C@H](c2cnn(C)c2)S1. The third kappa shape index (κ3) is 2.02. The molecule has 0 bridgehead atoms. The summed E-state index contributed by atoms with van der Waals surface area (Å²) in [5.41, 5.74) is 1.69. The first kappa shape index (κ1) is 13.2. The van der Waals surface area contributed by atoms with Crippen molar-refractivity contribution in [2.45, 2.75) is 32.1 Å². The molecule has 0 aromatic carbocycles. The van der Waals surface area contributed by atoms with Gasteiger partial charge in [-0.15, -0.1) is 0 Å². The highest BCUT2D eigenvalue weighted by molar-refractivity contribution is 8.14. The summed E-state index contributed by atoms with van der Waals surface area (Å²) in [6, 6.07) is 0.167. The molecule has 0 radical (unpaired) electrons. The van der Waals surface area contributed by atoms with Crippen LogP contribution in [-0.4, -0.2) is 24.6 Å². The fourth-order valence-corrected chi connectivity index (χ4v) is 3.46. The summed E-state index contributed by atoms with van der Waals surface area (Å²) in [6.07, 6.45) is 3.76. The molecule has 1 aliphatic rings. The molecule has 20 heavy (non-hydrogen) atoms. The number of hydrogen-bond acceptors (Lipinski definition) is 4. The maximum atomic E-state index is 12.3. The molecule has 2 aromatic heterocycles. The third-order valence-electron chi connectivity index (χ3n) is 3.29. The van der Waals surface area contributed by atoms with E-state index in [2.05, 4.69) is 15.2 Å². The van der Waals surface area contributed by atoms with Crippen LogP contribution in [0.4, 0.5) is 5.82 Å². The molecule has 1 atom stereocenters. The van der Waals surface area contributed by atoms with Gasteiger partial charge in [-0.3, -0.25) is 19.3 Å². The van der Waals surface area contributed by atoms with E-state index in [1.807, 2.05) is 44.9 Å². The predicted molar refractivity (Wildman–Crippen MR) is 80.8 cm³/mol. The van der Waals surface area contributed by atoms with Gasteiger partial charge >= 0.3 is 0 Å². The van der Waals surface area contributed by atoms with Crippen LogP contribution < -0.4 is 5.56 Å². The number of H-pyrrole nitrogens is 1. The van der Waals surface area contributed by atoms with Crippen LogP contribution in [0.25, 0.3) is 0 Å². The van der Waals surface area contributed by atoms with Gasteiger partial charge in [0.1, 0.15) is 0 Å². The van der Waals surface area contributed by atoms with Gasteiger partial charge in [0.15, 0.2) is 5.82 Å². The van der Waals surface area contributed by atoms with Gasteiger partial charge in [0.25, 0.3) is 5.56 Å². The van der Waals surface area contributed by atoms with Gasteiger partial charge in [0.2, 0.25) is 0 Å². The predicted octanol–water partition coefficient (Wildman–Crippen LogP) is 2.38. The second-order valence-corrected chi connectivity index (χ2v) is 6.52. The van der Waals surface area contributed by atoms with E-state index in [0.29, 0.717) is 0 Å². The molecule has 0 aliphatic carbocycles. The van der Waals surface area contributed by atoms with Crippen LogP contribution in [0.15, 0.2) is 22.2 Å². The van der Waals surface area contributed by atoms with E-state index in [1.165, 1.54) is 0 Å². The number of aromatic amines is 1. The Kier molecular flexibility index (Phi) is 3.08. The Morgan fingerprint density at radius 1 is 1.45 bits per heavy atom. The van der Waals surface area contributed by atoms with Crippen LogP contribution in [-0.2, 0) is 7.05 Å². The topological polar surface area (TPSA) is 68.0 Å². The summed E-state index contributed by atoms with van der Waals surface area (Å²) >= 11 is 1.60. The first-order chi connectivity index (χ1) is 9.47. The monoisotopic (exact) mass is 291 g/mol. The van der Waals surface area contributed by atoms with Gasteiger partial charge in [0.05, 0.1) is 22.1 Å².